The largest absolute Gasteiger partial charge is 0.487 e. The summed E-state index contributed by atoms with van der Waals surface area (Å²) in [7, 11) is 0. The second-order valence-electron chi connectivity index (χ2n) is 4.58. The number of benzene rings is 2. The Morgan fingerprint density at radius 3 is 2.48 bits per heavy atom. The van der Waals surface area contributed by atoms with E-state index in [1.54, 1.807) is 11.3 Å². The van der Waals surface area contributed by atoms with Crippen LogP contribution < -0.4 is 4.74 Å². The van der Waals surface area contributed by atoms with E-state index in [0.29, 0.717) is 12.5 Å². The highest BCUT2D eigenvalue weighted by molar-refractivity contribution is 7.13. The third-order valence-corrected chi connectivity index (χ3v) is 4.29. The fraction of sp³-hybridized carbons (Fsp3) is 0.118. The van der Waals surface area contributed by atoms with Gasteiger partial charge in [0.2, 0.25) is 0 Å². The number of nitrogens with zero attached hydrogens (tertiary/aromatic N) is 1. The van der Waals surface area contributed by atoms with Crippen LogP contribution in [-0.4, -0.2) is 4.98 Å². The molecule has 0 radical (unpaired) electrons. The molecule has 4 heteroatoms. The molecule has 0 aliphatic rings. The zero-order chi connectivity index (χ0) is 14.5. The van der Waals surface area contributed by atoms with Crippen molar-refractivity contribution in [1.82, 2.24) is 4.98 Å². The molecule has 1 heterocycles. The number of hydrogen-bond donors (Lipinski definition) is 0. The van der Waals surface area contributed by atoms with Gasteiger partial charge in [0.25, 0.3) is 0 Å². The van der Waals surface area contributed by atoms with Crippen molar-refractivity contribution in [1.29, 1.82) is 0 Å². The molecule has 0 atom stereocenters. The highest BCUT2D eigenvalue weighted by Crippen LogP contribution is 2.24. The molecular weight excluding hydrogens is 302 g/mol. The molecule has 0 spiro atoms. The third kappa shape index (κ3) is 3.63. The van der Waals surface area contributed by atoms with Gasteiger partial charge in [0.05, 0.1) is 5.69 Å². The highest BCUT2D eigenvalue weighted by Gasteiger charge is 2.05. The smallest absolute Gasteiger partial charge is 0.131 e. The molecule has 106 valence electrons. The average molecular weight is 316 g/mol. The van der Waals surface area contributed by atoms with E-state index >= 15 is 0 Å². The zero-order valence-corrected chi connectivity index (χ0v) is 12.9. The van der Waals surface area contributed by atoms with Crippen LogP contribution in [0.1, 0.15) is 11.3 Å². The molecule has 0 saturated carbocycles. The number of hydrogen-bond acceptors (Lipinski definition) is 3. The first kappa shape index (κ1) is 14.1. The first-order valence-electron chi connectivity index (χ1n) is 6.62. The Labute approximate surface area is 133 Å². The number of halogens is 1. The second-order valence-corrected chi connectivity index (χ2v) is 5.70. The highest BCUT2D eigenvalue weighted by atomic mass is 35.5. The van der Waals surface area contributed by atoms with Crippen LogP contribution >= 0.6 is 22.9 Å². The Hall–Kier alpha value is -1.84. The van der Waals surface area contributed by atoms with E-state index in [0.717, 1.165) is 27.6 Å². The fourth-order valence-corrected chi connectivity index (χ4v) is 2.91. The van der Waals surface area contributed by atoms with Crippen LogP contribution in [0.4, 0.5) is 0 Å². The second kappa shape index (κ2) is 6.74. The molecule has 2 aromatic carbocycles. The van der Waals surface area contributed by atoms with E-state index < -0.39 is 0 Å². The van der Waals surface area contributed by atoms with Gasteiger partial charge in [0.15, 0.2) is 0 Å². The molecule has 1 aromatic heterocycles. The lowest BCUT2D eigenvalue weighted by molar-refractivity contribution is 0.302. The van der Waals surface area contributed by atoms with E-state index in [-0.39, 0.29) is 0 Å². The molecule has 0 aliphatic heterocycles. The SMILES string of the molecule is ClCc1ccc(OCc2csc(-c3ccccc3)n2)cc1. The van der Waals surface area contributed by atoms with Crippen molar-refractivity contribution < 1.29 is 4.74 Å². The first-order chi connectivity index (χ1) is 10.3. The predicted molar refractivity (Wildman–Crippen MR) is 87.9 cm³/mol. The summed E-state index contributed by atoms with van der Waals surface area (Å²) in [5.74, 6) is 1.35. The van der Waals surface area contributed by atoms with Crippen LogP contribution in [0.5, 0.6) is 5.75 Å². The van der Waals surface area contributed by atoms with Crippen molar-refractivity contribution in [2.24, 2.45) is 0 Å². The third-order valence-electron chi connectivity index (χ3n) is 3.04. The summed E-state index contributed by atoms with van der Waals surface area (Å²) in [4.78, 5) is 4.60. The number of alkyl halides is 1. The Morgan fingerprint density at radius 1 is 1.00 bits per heavy atom. The monoisotopic (exact) mass is 315 g/mol. The van der Waals surface area contributed by atoms with Crippen LogP contribution in [0.15, 0.2) is 60.0 Å². The molecule has 0 N–H and O–H groups in total. The van der Waals surface area contributed by atoms with Crippen LogP contribution in [0.3, 0.4) is 0 Å². The Kier molecular flexibility index (Phi) is 4.53. The minimum atomic E-state index is 0.476. The Morgan fingerprint density at radius 2 is 1.76 bits per heavy atom. The van der Waals surface area contributed by atoms with Crippen molar-refractivity contribution in [3.05, 3.63) is 71.2 Å². The van der Waals surface area contributed by atoms with Crippen molar-refractivity contribution in [3.63, 3.8) is 0 Å². The maximum atomic E-state index is 5.76. The molecule has 0 aliphatic carbocycles. The van der Waals surface area contributed by atoms with Gasteiger partial charge < -0.3 is 4.74 Å². The quantitative estimate of drug-likeness (QED) is 0.609. The molecule has 0 bridgehead atoms. The minimum absolute atomic E-state index is 0.476. The van der Waals surface area contributed by atoms with Gasteiger partial charge in [-0.3, -0.25) is 0 Å². The Balaban J connectivity index is 1.64. The van der Waals surface area contributed by atoms with E-state index in [1.165, 1.54) is 0 Å². The molecule has 3 rings (SSSR count). The van der Waals surface area contributed by atoms with Crippen LogP contribution in [-0.2, 0) is 12.5 Å². The van der Waals surface area contributed by atoms with E-state index in [4.69, 9.17) is 16.3 Å². The van der Waals surface area contributed by atoms with Crippen LogP contribution in [0.25, 0.3) is 10.6 Å². The number of rotatable bonds is 5. The number of aromatic nitrogens is 1. The van der Waals surface area contributed by atoms with Crippen molar-refractivity contribution in [2.75, 3.05) is 0 Å². The molecular formula is C17H14ClNOS. The first-order valence-corrected chi connectivity index (χ1v) is 8.04. The molecule has 2 nitrogen and oxygen atoms in total. The molecule has 3 aromatic rings. The van der Waals surface area contributed by atoms with E-state index in [1.807, 2.05) is 47.8 Å². The number of thiazole rings is 1. The van der Waals surface area contributed by atoms with Gasteiger partial charge in [-0.1, -0.05) is 42.5 Å². The molecule has 0 unspecified atom stereocenters. The van der Waals surface area contributed by atoms with Gasteiger partial charge in [-0.2, -0.15) is 0 Å². The van der Waals surface area contributed by atoms with E-state index in [2.05, 4.69) is 17.1 Å². The average Bonchev–Trinajstić information content (AvgIpc) is 3.03. The van der Waals surface area contributed by atoms with Gasteiger partial charge in [-0.25, -0.2) is 4.98 Å². The molecule has 21 heavy (non-hydrogen) atoms. The Bertz CT molecular complexity index is 694. The standard InChI is InChI=1S/C17H14ClNOS/c18-10-13-6-8-16(9-7-13)20-11-15-12-21-17(19-15)14-4-2-1-3-5-14/h1-9,12H,10-11H2. The number of ether oxygens (including phenoxy) is 1. The maximum Gasteiger partial charge on any atom is 0.131 e. The van der Waals surface area contributed by atoms with Gasteiger partial charge in [0, 0.05) is 16.8 Å². The maximum absolute atomic E-state index is 5.76. The van der Waals surface area contributed by atoms with Crippen LogP contribution in [0.2, 0.25) is 0 Å². The summed E-state index contributed by atoms with van der Waals surface area (Å²) >= 11 is 7.40. The van der Waals surface area contributed by atoms with Gasteiger partial charge in [-0.05, 0) is 17.7 Å². The van der Waals surface area contributed by atoms with Gasteiger partial charge in [0.1, 0.15) is 17.4 Å². The summed E-state index contributed by atoms with van der Waals surface area (Å²) in [6.45, 7) is 0.476. The lowest BCUT2D eigenvalue weighted by Crippen LogP contribution is -1.95. The molecule has 0 saturated heterocycles. The molecule has 0 amide bonds. The van der Waals surface area contributed by atoms with Crippen molar-refractivity contribution >= 4 is 22.9 Å². The van der Waals surface area contributed by atoms with Crippen molar-refractivity contribution in [2.45, 2.75) is 12.5 Å². The minimum Gasteiger partial charge on any atom is -0.487 e. The fourth-order valence-electron chi connectivity index (χ4n) is 1.92. The van der Waals surface area contributed by atoms with Gasteiger partial charge in [-0.15, -0.1) is 22.9 Å². The van der Waals surface area contributed by atoms with Gasteiger partial charge >= 0.3 is 0 Å². The lowest BCUT2D eigenvalue weighted by atomic mass is 10.2. The topological polar surface area (TPSA) is 22.1 Å². The summed E-state index contributed by atoms with van der Waals surface area (Å²) in [6.07, 6.45) is 0. The summed E-state index contributed by atoms with van der Waals surface area (Å²) in [5, 5.41) is 3.06. The zero-order valence-electron chi connectivity index (χ0n) is 11.3. The van der Waals surface area contributed by atoms with E-state index in [9.17, 15) is 0 Å². The summed E-state index contributed by atoms with van der Waals surface area (Å²) in [5.41, 5.74) is 3.17. The summed E-state index contributed by atoms with van der Waals surface area (Å²) in [6, 6.07) is 18.0. The van der Waals surface area contributed by atoms with Crippen molar-refractivity contribution in [3.8, 4) is 16.3 Å². The van der Waals surface area contributed by atoms with Crippen LogP contribution in [0, 0.1) is 0 Å². The lowest BCUT2D eigenvalue weighted by Gasteiger charge is -2.04. The predicted octanol–water partition coefficient (Wildman–Crippen LogP) is 5.13. The normalized spacial score (nSPS) is 10.5. The molecule has 0 fully saturated rings. The summed E-state index contributed by atoms with van der Waals surface area (Å²) < 4.78 is 5.74.